The molecule has 2 atom stereocenters. The molecule has 0 amide bonds. The van der Waals surface area contributed by atoms with E-state index in [2.05, 4.69) is 10.2 Å². The molecule has 0 aromatic heterocycles. The van der Waals surface area contributed by atoms with Crippen LogP contribution < -0.4 is 5.32 Å². The number of hydrogen-bond acceptors (Lipinski definition) is 2. The molecule has 2 heteroatoms. The molecule has 1 heterocycles. The fraction of sp³-hybridized carbons (Fsp3) is 1.00. The average molecular weight is 248 g/mol. The van der Waals surface area contributed by atoms with E-state index in [-0.39, 0.29) is 0 Å². The van der Waals surface area contributed by atoms with Gasteiger partial charge in [0.1, 0.15) is 0 Å². The van der Waals surface area contributed by atoms with E-state index in [9.17, 15) is 0 Å². The van der Waals surface area contributed by atoms with Crippen molar-refractivity contribution in [2.45, 2.75) is 69.9 Å². The number of fused-ring (bicyclic) bond motifs is 2. The van der Waals surface area contributed by atoms with Crippen molar-refractivity contribution in [2.24, 2.45) is 11.3 Å². The highest BCUT2D eigenvalue weighted by Crippen LogP contribution is 2.44. The average Bonchev–Trinajstić information content (AvgIpc) is 2.78. The van der Waals surface area contributed by atoms with Gasteiger partial charge in [-0.3, -0.25) is 4.90 Å². The monoisotopic (exact) mass is 248 g/mol. The van der Waals surface area contributed by atoms with Gasteiger partial charge < -0.3 is 5.32 Å². The van der Waals surface area contributed by atoms with Gasteiger partial charge >= 0.3 is 0 Å². The predicted octanol–water partition coefficient (Wildman–Crippen LogP) is 2.78. The molecule has 3 saturated carbocycles. The fourth-order valence-electron chi connectivity index (χ4n) is 4.82. The number of piperidine rings is 1. The molecule has 3 aliphatic carbocycles. The summed E-state index contributed by atoms with van der Waals surface area (Å²) in [6.45, 7) is 4.15. The largest absolute Gasteiger partial charge is 0.313 e. The molecule has 1 saturated heterocycles. The van der Waals surface area contributed by atoms with Crippen LogP contribution in [-0.2, 0) is 0 Å². The first-order valence-corrected chi connectivity index (χ1v) is 8.30. The van der Waals surface area contributed by atoms with E-state index in [0.29, 0.717) is 5.41 Å². The summed E-state index contributed by atoms with van der Waals surface area (Å²) in [5.41, 5.74) is 0.646. The van der Waals surface area contributed by atoms with Crippen LogP contribution in [0.4, 0.5) is 0 Å². The van der Waals surface area contributed by atoms with Crippen LogP contribution in [0.5, 0.6) is 0 Å². The molecule has 1 N–H and O–H groups in total. The molecule has 4 fully saturated rings. The van der Waals surface area contributed by atoms with E-state index >= 15 is 0 Å². The van der Waals surface area contributed by atoms with E-state index < -0.39 is 0 Å². The minimum absolute atomic E-state index is 0.646. The molecular weight excluding hydrogens is 220 g/mol. The molecule has 2 bridgehead atoms. The zero-order chi connectivity index (χ0) is 12.0. The topological polar surface area (TPSA) is 15.3 Å². The van der Waals surface area contributed by atoms with Crippen molar-refractivity contribution < 1.29 is 0 Å². The maximum absolute atomic E-state index is 3.83. The second kappa shape index (κ2) is 4.49. The Hall–Kier alpha value is -0.0800. The Bertz CT molecular complexity index is 304. The van der Waals surface area contributed by atoms with Gasteiger partial charge in [-0.15, -0.1) is 0 Å². The Morgan fingerprint density at radius 3 is 2.50 bits per heavy atom. The summed E-state index contributed by atoms with van der Waals surface area (Å²) in [6.07, 6.45) is 13.3. The van der Waals surface area contributed by atoms with Crippen molar-refractivity contribution in [1.29, 1.82) is 0 Å². The summed E-state index contributed by atoms with van der Waals surface area (Å²) in [5, 5.41) is 3.83. The minimum atomic E-state index is 0.646. The summed E-state index contributed by atoms with van der Waals surface area (Å²) in [5.74, 6) is 1.06. The zero-order valence-electron chi connectivity index (χ0n) is 11.7. The zero-order valence-corrected chi connectivity index (χ0v) is 11.7. The maximum atomic E-state index is 3.83. The standard InChI is InChI=1S/C16H28N2/c1-2-8-16(7-1,11-17-14-4-5-14)12-18-10-13-3-6-15(18)9-13/h13-15,17H,1-12H2. The third-order valence-corrected chi connectivity index (χ3v) is 6.07. The molecule has 4 rings (SSSR count). The highest BCUT2D eigenvalue weighted by atomic mass is 15.2. The van der Waals surface area contributed by atoms with E-state index in [1.165, 1.54) is 77.4 Å². The van der Waals surface area contributed by atoms with E-state index in [0.717, 1.165) is 18.0 Å². The number of nitrogens with zero attached hydrogens (tertiary/aromatic N) is 1. The highest BCUT2D eigenvalue weighted by molar-refractivity contribution is 4.98. The molecule has 102 valence electrons. The predicted molar refractivity (Wildman–Crippen MR) is 74.6 cm³/mol. The molecule has 4 aliphatic rings. The molecular formula is C16H28N2. The molecule has 0 aromatic carbocycles. The first kappa shape index (κ1) is 11.7. The summed E-state index contributed by atoms with van der Waals surface area (Å²) < 4.78 is 0. The van der Waals surface area contributed by atoms with Gasteiger partial charge in [-0.05, 0) is 56.3 Å². The molecule has 0 spiro atoms. The van der Waals surface area contributed by atoms with Crippen LogP contribution in [0.1, 0.15) is 57.8 Å². The lowest BCUT2D eigenvalue weighted by molar-refractivity contribution is 0.119. The normalized spacial score (nSPS) is 38.7. The van der Waals surface area contributed by atoms with Gasteiger partial charge in [0.05, 0.1) is 0 Å². The summed E-state index contributed by atoms with van der Waals surface area (Å²) >= 11 is 0. The van der Waals surface area contributed by atoms with Crippen LogP contribution in [0.3, 0.4) is 0 Å². The van der Waals surface area contributed by atoms with Crippen LogP contribution in [0.25, 0.3) is 0 Å². The van der Waals surface area contributed by atoms with Gasteiger partial charge in [0, 0.05) is 31.7 Å². The highest BCUT2D eigenvalue weighted by Gasteiger charge is 2.43. The molecule has 1 aliphatic heterocycles. The van der Waals surface area contributed by atoms with Gasteiger partial charge in [0.15, 0.2) is 0 Å². The van der Waals surface area contributed by atoms with Crippen molar-refractivity contribution in [3.63, 3.8) is 0 Å². The summed E-state index contributed by atoms with van der Waals surface area (Å²) in [7, 11) is 0. The molecule has 0 aromatic rings. The van der Waals surface area contributed by atoms with Crippen LogP contribution in [0.15, 0.2) is 0 Å². The van der Waals surface area contributed by atoms with Crippen molar-refractivity contribution in [1.82, 2.24) is 10.2 Å². The van der Waals surface area contributed by atoms with Crippen LogP contribution in [0.2, 0.25) is 0 Å². The summed E-state index contributed by atoms with van der Waals surface area (Å²) in [6, 6.07) is 1.85. The van der Waals surface area contributed by atoms with Crippen LogP contribution in [0, 0.1) is 11.3 Å². The van der Waals surface area contributed by atoms with Crippen molar-refractivity contribution >= 4 is 0 Å². The van der Waals surface area contributed by atoms with Gasteiger partial charge in [0.25, 0.3) is 0 Å². The van der Waals surface area contributed by atoms with Gasteiger partial charge in [-0.25, -0.2) is 0 Å². The molecule has 2 unspecified atom stereocenters. The number of hydrogen-bond donors (Lipinski definition) is 1. The molecule has 0 radical (unpaired) electrons. The van der Waals surface area contributed by atoms with Gasteiger partial charge in [-0.1, -0.05) is 12.8 Å². The second-order valence-corrected chi connectivity index (χ2v) is 7.62. The quantitative estimate of drug-likeness (QED) is 0.805. The summed E-state index contributed by atoms with van der Waals surface area (Å²) in [4.78, 5) is 2.87. The lowest BCUT2D eigenvalue weighted by Gasteiger charge is -2.38. The number of rotatable bonds is 5. The Balaban J connectivity index is 1.39. The van der Waals surface area contributed by atoms with Gasteiger partial charge in [0.2, 0.25) is 0 Å². The Morgan fingerprint density at radius 2 is 1.89 bits per heavy atom. The fourth-order valence-corrected chi connectivity index (χ4v) is 4.82. The third-order valence-electron chi connectivity index (χ3n) is 6.07. The van der Waals surface area contributed by atoms with Crippen LogP contribution >= 0.6 is 0 Å². The lowest BCUT2D eigenvalue weighted by Crippen LogP contribution is -2.45. The van der Waals surface area contributed by atoms with Crippen molar-refractivity contribution in [3.8, 4) is 0 Å². The Morgan fingerprint density at radius 1 is 1.06 bits per heavy atom. The third kappa shape index (κ3) is 2.22. The van der Waals surface area contributed by atoms with E-state index in [1.54, 1.807) is 0 Å². The second-order valence-electron chi connectivity index (χ2n) is 7.62. The lowest BCUT2D eigenvalue weighted by atomic mass is 9.84. The molecule has 2 nitrogen and oxygen atoms in total. The number of likely N-dealkylation sites (tertiary alicyclic amines) is 1. The molecule has 18 heavy (non-hydrogen) atoms. The maximum Gasteiger partial charge on any atom is 0.00988 e. The first-order valence-electron chi connectivity index (χ1n) is 8.30. The van der Waals surface area contributed by atoms with Crippen LogP contribution in [-0.4, -0.2) is 36.6 Å². The number of nitrogens with one attached hydrogen (secondary N) is 1. The Kier molecular flexibility index (Phi) is 2.92. The first-order chi connectivity index (χ1) is 8.83. The van der Waals surface area contributed by atoms with E-state index in [1.807, 2.05) is 0 Å². The van der Waals surface area contributed by atoms with Crippen molar-refractivity contribution in [2.75, 3.05) is 19.6 Å². The smallest absolute Gasteiger partial charge is 0.00988 e. The Labute approximate surface area is 111 Å². The van der Waals surface area contributed by atoms with Crippen molar-refractivity contribution in [3.05, 3.63) is 0 Å². The minimum Gasteiger partial charge on any atom is -0.313 e. The SMILES string of the molecule is C1CCC(CNC2CC2)(CN2CC3CCC2C3)C1. The van der Waals surface area contributed by atoms with Gasteiger partial charge in [-0.2, -0.15) is 0 Å². The van der Waals surface area contributed by atoms with E-state index in [4.69, 9.17) is 0 Å².